The molecule has 0 spiro atoms. The summed E-state index contributed by atoms with van der Waals surface area (Å²) in [5, 5.41) is 9.00. The van der Waals surface area contributed by atoms with Gasteiger partial charge in [0.1, 0.15) is 5.82 Å². The molecule has 1 aromatic heterocycles. The van der Waals surface area contributed by atoms with Gasteiger partial charge in [-0.1, -0.05) is 0 Å². The average molecular weight is 363 g/mol. The van der Waals surface area contributed by atoms with Crippen LogP contribution in [0.25, 0.3) is 0 Å². The molecule has 2 rings (SSSR count). The van der Waals surface area contributed by atoms with Crippen LogP contribution in [0.5, 0.6) is 0 Å². The lowest BCUT2D eigenvalue weighted by Gasteiger charge is -2.07. The maximum atomic E-state index is 12.6. The Bertz CT molecular complexity index is 634. The van der Waals surface area contributed by atoms with Gasteiger partial charge >= 0.3 is 12.5 Å². The van der Waals surface area contributed by atoms with Crippen molar-refractivity contribution in [2.24, 2.45) is 0 Å². The van der Waals surface area contributed by atoms with Crippen molar-refractivity contribution in [2.75, 3.05) is 0 Å². The molecule has 1 aromatic carbocycles. The number of nitrogens with zero attached hydrogens (tertiary/aromatic N) is 2. The molecule has 1 heterocycles. The minimum atomic E-state index is -2.63. The van der Waals surface area contributed by atoms with E-state index in [0.717, 1.165) is 4.57 Å². The fraction of sp³-hybridized carbons (Fsp3) is 0.167. The Hall–Kier alpha value is -1.41. The molecule has 0 unspecified atom stereocenters. The summed E-state index contributed by atoms with van der Waals surface area (Å²) in [6, 6.07) is 4.83. The first kappa shape index (κ1) is 15.0. The molecule has 106 valence electrons. The van der Waals surface area contributed by atoms with Gasteiger partial charge in [0.25, 0.3) is 0 Å². The van der Waals surface area contributed by atoms with E-state index in [4.69, 9.17) is 5.11 Å². The van der Waals surface area contributed by atoms with Crippen molar-refractivity contribution in [3.05, 3.63) is 46.5 Å². The number of carboxylic acid groups (broad SMARTS) is 1. The van der Waals surface area contributed by atoms with E-state index in [1.807, 2.05) is 0 Å². The van der Waals surface area contributed by atoms with E-state index in [2.05, 4.69) is 20.9 Å². The fourth-order valence-corrected chi connectivity index (χ4v) is 2.84. The quantitative estimate of drug-likeness (QED) is 0.815. The van der Waals surface area contributed by atoms with Crippen molar-refractivity contribution in [3.63, 3.8) is 0 Å². The maximum absolute atomic E-state index is 12.6. The molecule has 0 amide bonds. The van der Waals surface area contributed by atoms with E-state index < -0.39 is 12.5 Å². The number of hydrogen-bond acceptors (Lipinski definition) is 3. The number of rotatable bonds is 5. The molecule has 0 aliphatic rings. The highest BCUT2D eigenvalue weighted by molar-refractivity contribution is 9.10. The Balaban J connectivity index is 2.13. The van der Waals surface area contributed by atoms with Crippen LogP contribution in [0, 0.1) is 0 Å². The van der Waals surface area contributed by atoms with E-state index in [1.165, 1.54) is 30.2 Å². The number of carbonyl (C=O) groups is 1. The molecule has 2 aromatic rings. The van der Waals surface area contributed by atoms with Gasteiger partial charge in [-0.05, 0) is 34.1 Å². The summed E-state index contributed by atoms with van der Waals surface area (Å²) in [4.78, 5) is 15.5. The van der Waals surface area contributed by atoms with E-state index in [1.54, 1.807) is 12.1 Å². The van der Waals surface area contributed by atoms with Crippen LogP contribution in [-0.2, 0) is 5.75 Å². The van der Waals surface area contributed by atoms with Crippen LogP contribution in [0.4, 0.5) is 8.78 Å². The molecule has 0 aliphatic carbocycles. The van der Waals surface area contributed by atoms with Gasteiger partial charge in [0.05, 0.1) is 11.3 Å². The molecule has 1 N–H and O–H groups in total. The predicted molar refractivity (Wildman–Crippen MR) is 74.1 cm³/mol. The van der Waals surface area contributed by atoms with Gasteiger partial charge in [-0.2, -0.15) is 8.78 Å². The number of aromatic carboxylic acids is 1. The summed E-state index contributed by atoms with van der Waals surface area (Å²) in [7, 11) is 0. The first-order valence-electron chi connectivity index (χ1n) is 5.44. The lowest BCUT2D eigenvalue weighted by Crippen LogP contribution is -2.02. The zero-order valence-electron chi connectivity index (χ0n) is 9.96. The molecule has 8 heteroatoms. The summed E-state index contributed by atoms with van der Waals surface area (Å²) in [6.07, 6.45) is 2.52. The van der Waals surface area contributed by atoms with Crippen molar-refractivity contribution >= 4 is 33.7 Å². The Morgan fingerprint density at radius 2 is 2.25 bits per heavy atom. The van der Waals surface area contributed by atoms with E-state index in [-0.39, 0.29) is 17.1 Å². The predicted octanol–water partition coefficient (Wildman–Crippen LogP) is 4.03. The highest BCUT2D eigenvalue weighted by Crippen LogP contribution is 2.28. The lowest BCUT2D eigenvalue weighted by atomic mass is 10.2. The van der Waals surface area contributed by atoms with Gasteiger partial charge in [-0.25, -0.2) is 9.78 Å². The number of alkyl halides is 2. The fourth-order valence-electron chi connectivity index (χ4n) is 1.54. The topological polar surface area (TPSA) is 55.1 Å². The molecule has 0 fully saturated rings. The first-order valence-corrected chi connectivity index (χ1v) is 7.22. The third-order valence-corrected chi connectivity index (χ3v) is 4.18. The standard InChI is InChI=1S/C12H9BrF2N2O2S/c13-9-2-1-7(5-8(9)11(18)19)20-6-10-16-3-4-17(10)12(14)15/h1-5,12H,6H2,(H,18,19). The van der Waals surface area contributed by atoms with Gasteiger partial charge in [-0.15, -0.1) is 11.8 Å². The number of thioether (sulfide) groups is 1. The number of imidazole rings is 1. The third-order valence-electron chi connectivity index (χ3n) is 2.50. The van der Waals surface area contributed by atoms with E-state index in [9.17, 15) is 13.6 Å². The van der Waals surface area contributed by atoms with Gasteiger partial charge < -0.3 is 5.11 Å². The summed E-state index contributed by atoms with van der Waals surface area (Å²) in [6.45, 7) is -2.63. The lowest BCUT2D eigenvalue weighted by molar-refractivity contribution is 0.0675. The van der Waals surface area contributed by atoms with E-state index >= 15 is 0 Å². The Morgan fingerprint density at radius 1 is 1.50 bits per heavy atom. The van der Waals surface area contributed by atoms with Crippen LogP contribution in [0.1, 0.15) is 22.7 Å². The molecule has 0 bridgehead atoms. The normalized spacial score (nSPS) is 11.0. The zero-order chi connectivity index (χ0) is 14.7. The SMILES string of the molecule is O=C(O)c1cc(SCc2nccn2C(F)F)ccc1Br. The first-order chi connectivity index (χ1) is 9.49. The molecule has 0 saturated carbocycles. The van der Waals surface area contributed by atoms with Crippen molar-refractivity contribution in [2.45, 2.75) is 17.2 Å². The van der Waals surface area contributed by atoms with Crippen molar-refractivity contribution in [1.29, 1.82) is 0 Å². The second-order valence-corrected chi connectivity index (χ2v) is 5.67. The molecule has 0 saturated heterocycles. The van der Waals surface area contributed by atoms with Crippen molar-refractivity contribution in [3.8, 4) is 0 Å². The largest absolute Gasteiger partial charge is 0.478 e. The van der Waals surface area contributed by atoms with Crippen LogP contribution in [0.15, 0.2) is 40.0 Å². The van der Waals surface area contributed by atoms with Gasteiger partial charge in [-0.3, -0.25) is 4.57 Å². The Kier molecular flexibility index (Phi) is 4.77. The highest BCUT2D eigenvalue weighted by atomic mass is 79.9. The van der Waals surface area contributed by atoms with Crippen LogP contribution in [0.3, 0.4) is 0 Å². The number of carboxylic acids is 1. The molecule has 4 nitrogen and oxygen atoms in total. The Labute approximate surface area is 125 Å². The van der Waals surface area contributed by atoms with Gasteiger partial charge in [0.2, 0.25) is 0 Å². The Morgan fingerprint density at radius 3 is 2.90 bits per heavy atom. The minimum Gasteiger partial charge on any atom is -0.478 e. The number of aromatic nitrogens is 2. The second-order valence-electron chi connectivity index (χ2n) is 3.76. The molecular formula is C12H9BrF2N2O2S. The monoisotopic (exact) mass is 362 g/mol. The molecule has 0 atom stereocenters. The number of benzene rings is 1. The van der Waals surface area contributed by atoms with Crippen LogP contribution >= 0.6 is 27.7 Å². The zero-order valence-corrected chi connectivity index (χ0v) is 12.4. The van der Waals surface area contributed by atoms with Crippen molar-refractivity contribution < 1.29 is 18.7 Å². The molecule has 20 heavy (non-hydrogen) atoms. The molecule has 0 radical (unpaired) electrons. The van der Waals surface area contributed by atoms with Gasteiger partial charge in [0.15, 0.2) is 0 Å². The molecular weight excluding hydrogens is 354 g/mol. The summed E-state index contributed by atoms with van der Waals surface area (Å²) >= 11 is 4.39. The number of halogens is 3. The number of hydrogen-bond donors (Lipinski definition) is 1. The van der Waals surface area contributed by atoms with Crippen LogP contribution in [0.2, 0.25) is 0 Å². The van der Waals surface area contributed by atoms with Gasteiger partial charge in [0, 0.05) is 21.8 Å². The summed E-state index contributed by atoms with van der Waals surface area (Å²) in [5.74, 6) is -0.573. The third kappa shape index (κ3) is 3.37. The summed E-state index contributed by atoms with van der Waals surface area (Å²) < 4.78 is 26.5. The van der Waals surface area contributed by atoms with Crippen molar-refractivity contribution in [1.82, 2.24) is 9.55 Å². The smallest absolute Gasteiger partial charge is 0.336 e. The van der Waals surface area contributed by atoms with E-state index in [0.29, 0.717) is 9.37 Å². The minimum absolute atomic E-state index is 0.132. The highest BCUT2D eigenvalue weighted by Gasteiger charge is 2.13. The maximum Gasteiger partial charge on any atom is 0.336 e. The second kappa shape index (κ2) is 6.36. The summed E-state index contributed by atoms with van der Waals surface area (Å²) in [5.41, 5.74) is 0.132. The average Bonchev–Trinajstić information content (AvgIpc) is 2.86. The van der Waals surface area contributed by atoms with Crippen LogP contribution < -0.4 is 0 Å². The van der Waals surface area contributed by atoms with Crippen LogP contribution in [-0.4, -0.2) is 20.6 Å². The molecule has 0 aliphatic heterocycles.